The van der Waals surface area contributed by atoms with Crippen LogP contribution >= 0.6 is 0 Å². The quantitative estimate of drug-likeness (QED) is 0.468. The minimum Gasteiger partial charge on any atom is -0.494 e. The van der Waals surface area contributed by atoms with Crippen LogP contribution in [0.25, 0.3) is 16.6 Å². The molecule has 1 aromatic heterocycles. The lowest BCUT2D eigenvalue weighted by Gasteiger charge is -2.19. The van der Waals surface area contributed by atoms with Gasteiger partial charge in [-0.05, 0) is 43.3 Å². The van der Waals surface area contributed by atoms with Crippen molar-refractivity contribution in [1.29, 1.82) is 0 Å². The summed E-state index contributed by atoms with van der Waals surface area (Å²) in [7, 11) is -2.52. The molecule has 34 heavy (non-hydrogen) atoms. The highest BCUT2D eigenvalue weighted by Gasteiger charge is 2.21. The second-order valence-electron chi connectivity index (χ2n) is 7.61. The Kier molecular flexibility index (Phi) is 5.37. The Morgan fingerprint density at radius 3 is 2.56 bits per heavy atom. The van der Waals surface area contributed by atoms with E-state index in [1.807, 2.05) is 6.07 Å². The largest absolute Gasteiger partial charge is 0.494 e. The monoisotopic (exact) mass is 479 g/mol. The van der Waals surface area contributed by atoms with Crippen LogP contribution in [0.2, 0.25) is 0 Å². The molecule has 174 valence electrons. The molecule has 0 atom stereocenters. The zero-order valence-corrected chi connectivity index (χ0v) is 19.3. The first-order valence-electron chi connectivity index (χ1n) is 10.5. The molecule has 10 heteroatoms. The maximum atomic E-state index is 13.1. The lowest BCUT2D eigenvalue weighted by molar-refractivity contribution is 0.171. The summed E-state index contributed by atoms with van der Waals surface area (Å²) >= 11 is 0. The third kappa shape index (κ3) is 3.81. The first-order valence-corrected chi connectivity index (χ1v) is 11.9. The molecule has 0 bridgehead atoms. The highest BCUT2D eigenvalue weighted by molar-refractivity contribution is 7.92. The zero-order valence-electron chi connectivity index (χ0n) is 18.4. The number of nitrogens with one attached hydrogen (secondary N) is 1. The predicted molar refractivity (Wildman–Crippen MR) is 127 cm³/mol. The molecule has 3 aromatic carbocycles. The van der Waals surface area contributed by atoms with Crippen LogP contribution in [0.5, 0.6) is 17.2 Å². The van der Waals surface area contributed by atoms with Crippen molar-refractivity contribution in [1.82, 2.24) is 9.55 Å². The Morgan fingerprint density at radius 1 is 1.00 bits per heavy atom. The third-order valence-electron chi connectivity index (χ3n) is 5.45. The summed E-state index contributed by atoms with van der Waals surface area (Å²) in [6.45, 7) is 2.50. The Balaban J connectivity index is 1.52. The van der Waals surface area contributed by atoms with E-state index in [-0.39, 0.29) is 21.9 Å². The summed E-state index contributed by atoms with van der Waals surface area (Å²) in [5.74, 6) is 1.61. The van der Waals surface area contributed by atoms with Crippen molar-refractivity contribution in [2.24, 2.45) is 0 Å². The molecule has 1 N–H and O–H groups in total. The molecular formula is C24H21N3O6S. The molecule has 1 aliphatic rings. The lowest BCUT2D eigenvalue weighted by Crippen LogP contribution is -2.22. The van der Waals surface area contributed by atoms with E-state index in [0.29, 0.717) is 47.1 Å². The molecule has 0 spiro atoms. The predicted octanol–water partition coefficient (Wildman–Crippen LogP) is 3.27. The van der Waals surface area contributed by atoms with Gasteiger partial charge in [-0.1, -0.05) is 12.1 Å². The number of anilines is 1. The number of sulfonamides is 1. The average Bonchev–Trinajstić information content (AvgIpc) is 2.84. The van der Waals surface area contributed by atoms with E-state index in [9.17, 15) is 13.2 Å². The van der Waals surface area contributed by atoms with Crippen molar-refractivity contribution in [3.05, 3.63) is 76.8 Å². The summed E-state index contributed by atoms with van der Waals surface area (Å²) in [5.41, 5.74) is 1.10. The van der Waals surface area contributed by atoms with Crippen LogP contribution in [0.1, 0.15) is 5.82 Å². The third-order valence-corrected chi connectivity index (χ3v) is 6.82. The molecule has 0 saturated heterocycles. The number of fused-ring (bicyclic) bond motifs is 2. The molecule has 0 amide bonds. The minimum atomic E-state index is -3.95. The van der Waals surface area contributed by atoms with Gasteiger partial charge >= 0.3 is 0 Å². The maximum Gasteiger partial charge on any atom is 0.265 e. The van der Waals surface area contributed by atoms with Crippen molar-refractivity contribution >= 4 is 26.6 Å². The van der Waals surface area contributed by atoms with Gasteiger partial charge in [0.1, 0.15) is 24.8 Å². The van der Waals surface area contributed by atoms with Crippen molar-refractivity contribution in [3.63, 3.8) is 0 Å². The van der Waals surface area contributed by atoms with E-state index in [4.69, 9.17) is 14.2 Å². The minimum absolute atomic E-state index is 0.0219. The van der Waals surface area contributed by atoms with Gasteiger partial charge < -0.3 is 14.2 Å². The molecule has 2 heterocycles. The van der Waals surface area contributed by atoms with Crippen LogP contribution in [0.4, 0.5) is 5.69 Å². The molecule has 9 nitrogen and oxygen atoms in total. The van der Waals surface area contributed by atoms with Crippen LogP contribution < -0.4 is 24.5 Å². The van der Waals surface area contributed by atoms with Crippen LogP contribution in [0.3, 0.4) is 0 Å². The van der Waals surface area contributed by atoms with Gasteiger partial charge in [0.05, 0.1) is 34.3 Å². The Labute approximate surface area is 195 Å². The summed E-state index contributed by atoms with van der Waals surface area (Å²) in [4.78, 5) is 17.6. The summed E-state index contributed by atoms with van der Waals surface area (Å²) < 4.78 is 46.5. The number of hydrogen-bond acceptors (Lipinski definition) is 7. The molecule has 1 aliphatic heterocycles. The topological polar surface area (TPSA) is 109 Å². The number of aryl methyl sites for hydroxylation is 1. The second kappa shape index (κ2) is 8.38. The first kappa shape index (κ1) is 21.8. The Bertz CT molecular complexity index is 1580. The van der Waals surface area contributed by atoms with Crippen LogP contribution in [-0.4, -0.2) is 38.3 Å². The number of ether oxygens (including phenoxy) is 3. The lowest BCUT2D eigenvalue weighted by atomic mass is 10.2. The molecule has 0 fully saturated rings. The standard InChI is InChI=1S/C24H21N3O6S/c1-15-25-19-6-4-3-5-18(19)24(28)27(15)16-7-9-20(22(13-16)31-2)26-34(29,30)17-8-10-21-23(14-17)33-12-11-32-21/h3-10,13-14,26H,11-12H2,1-2H3. The molecule has 0 radical (unpaired) electrons. The fourth-order valence-corrected chi connectivity index (χ4v) is 4.93. The molecular weight excluding hydrogens is 458 g/mol. The molecule has 0 unspecified atom stereocenters. The van der Waals surface area contributed by atoms with Gasteiger partial charge in [-0.3, -0.25) is 14.1 Å². The van der Waals surface area contributed by atoms with E-state index < -0.39 is 10.0 Å². The number of rotatable bonds is 5. The molecule has 4 aromatic rings. The zero-order chi connectivity index (χ0) is 23.9. The van der Waals surface area contributed by atoms with E-state index in [0.717, 1.165) is 0 Å². The summed E-state index contributed by atoms with van der Waals surface area (Å²) in [5, 5.41) is 0.482. The fraction of sp³-hybridized carbons (Fsp3) is 0.167. The van der Waals surface area contributed by atoms with Gasteiger partial charge in [0.15, 0.2) is 11.5 Å². The average molecular weight is 480 g/mol. The smallest absolute Gasteiger partial charge is 0.265 e. The van der Waals surface area contributed by atoms with Crippen molar-refractivity contribution in [2.75, 3.05) is 25.0 Å². The van der Waals surface area contributed by atoms with E-state index in [1.165, 1.54) is 23.8 Å². The number of benzene rings is 3. The number of nitrogens with zero attached hydrogens (tertiary/aromatic N) is 2. The van der Waals surface area contributed by atoms with Gasteiger partial charge in [-0.15, -0.1) is 0 Å². The number of para-hydroxylation sites is 1. The highest BCUT2D eigenvalue weighted by Crippen LogP contribution is 2.34. The second-order valence-corrected chi connectivity index (χ2v) is 9.29. The van der Waals surface area contributed by atoms with Crippen molar-refractivity contribution in [3.8, 4) is 22.9 Å². The Morgan fingerprint density at radius 2 is 1.76 bits per heavy atom. The van der Waals surface area contributed by atoms with Crippen molar-refractivity contribution < 1.29 is 22.6 Å². The van der Waals surface area contributed by atoms with Crippen LogP contribution in [0, 0.1) is 6.92 Å². The number of hydrogen-bond donors (Lipinski definition) is 1. The van der Waals surface area contributed by atoms with Gasteiger partial charge in [-0.2, -0.15) is 0 Å². The summed E-state index contributed by atoms with van der Waals surface area (Å²) in [6, 6.07) is 16.3. The maximum absolute atomic E-state index is 13.1. The normalized spacial score (nSPS) is 13.0. The molecule has 0 saturated carbocycles. The van der Waals surface area contributed by atoms with Gasteiger partial charge in [0.2, 0.25) is 0 Å². The van der Waals surface area contributed by atoms with Crippen molar-refractivity contribution in [2.45, 2.75) is 11.8 Å². The highest BCUT2D eigenvalue weighted by atomic mass is 32.2. The Hall–Kier alpha value is -4.05. The van der Waals surface area contributed by atoms with Gasteiger partial charge in [0, 0.05) is 12.1 Å². The molecule has 5 rings (SSSR count). The summed E-state index contributed by atoms with van der Waals surface area (Å²) in [6.07, 6.45) is 0. The van der Waals surface area contributed by atoms with Gasteiger partial charge in [0.25, 0.3) is 15.6 Å². The SMILES string of the molecule is COc1cc(-n2c(C)nc3ccccc3c2=O)ccc1NS(=O)(=O)c1ccc2c(c1)OCCO2. The number of methoxy groups -OCH3 is 1. The first-order chi connectivity index (χ1) is 16.4. The van der Waals surface area contributed by atoms with Gasteiger partial charge in [-0.25, -0.2) is 13.4 Å². The van der Waals surface area contributed by atoms with E-state index >= 15 is 0 Å². The van der Waals surface area contributed by atoms with E-state index in [2.05, 4.69) is 9.71 Å². The van der Waals surface area contributed by atoms with Crippen LogP contribution in [-0.2, 0) is 10.0 Å². The van der Waals surface area contributed by atoms with Crippen LogP contribution in [0.15, 0.2) is 70.4 Å². The molecule has 0 aliphatic carbocycles. The number of aromatic nitrogens is 2. The fourth-order valence-electron chi connectivity index (χ4n) is 3.85. The van der Waals surface area contributed by atoms with E-state index in [1.54, 1.807) is 49.4 Å².